The zero-order valence-corrected chi connectivity index (χ0v) is 13.0. The molecule has 112 valence electrons. The van der Waals surface area contributed by atoms with Gasteiger partial charge >= 0.3 is 5.97 Å². The minimum absolute atomic E-state index is 0.0678. The SMILES string of the molecule is O=C(O)c1cc2onnc2c(F)c1Cc1ccc(I)cc1F. The van der Waals surface area contributed by atoms with Crippen molar-refractivity contribution in [1.29, 1.82) is 0 Å². The van der Waals surface area contributed by atoms with Crippen molar-refractivity contribution in [3.8, 4) is 0 Å². The molecule has 0 atom stereocenters. The number of halogens is 3. The fourth-order valence-electron chi connectivity index (χ4n) is 2.14. The van der Waals surface area contributed by atoms with Gasteiger partial charge in [0.25, 0.3) is 0 Å². The van der Waals surface area contributed by atoms with Gasteiger partial charge in [0.15, 0.2) is 16.9 Å². The fourth-order valence-corrected chi connectivity index (χ4v) is 2.60. The summed E-state index contributed by atoms with van der Waals surface area (Å²) >= 11 is 1.95. The number of fused-ring (bicyclic) bond motifs is 1. The quantitative estimate of drug-likeness (QED) is 0.663. The van der Waals surface area contributed by atoms with Crippen LogP contribution in [0, 0.1) is 15.2 Å². The highest BCUT2D eigenvalue weighted by molar-refractivity contribution is 14.1. The Morgan fingerprint density at radius 1 is 1.32 bits per heavy atom. The number of aromatic nitrogens is 2. The predicted molar refractivity (Wildman–Crippen MR) is 80.6 cm³/mol. The number of benzene rings is 2. The minimum atomic E-state index is -1.34. The highest BCUT2D eigenvalue weighted by Crippen LogP contribution is 2.26. The van der Waals surface area contributed by atoms with E-state index >= 15 is 0 Å². The fraction of sp³-hybridized carbons (Fsp3) is 0.0714. The zero-order valence-electron chi connectivity index (χ0n) is 10.8. The zero-order chi connectivity index (χ0) is 15.9. The summed E-state index contributed by atoms with van der Waals surface area (Å²) in [6.45, 7) is 0. The second-order valence-electron chi connectivity index (χ2n) is 4.55. The summed E-state index contributed by atoms with van der Waals surface area (Å²) in [4.78, 5) is 11.3. The Morgan fingerprint density at radius 2 is 2.09 bits per heavy atom. The molecule has 0 amide bonds. The molecule has 1 aromatic heterocycles. The van der Waals surface area contributed by atoms with Gasteiger partial charge in [0.1, 0.15) is 5.82 Å². The molecule has 5 nitrogen and oxygen atoms in total. The van der Waals surface area contributed by atoms with Crippen molar-refractivity contribution in [2.24, 2.45) is 0 Å². The number of hydrogen-bond acceptors (Lipinski definition) is 4. The lowest BCUT2D eigenvalue weighted by atomic mass is 9.98. The predicted octanol–water partition coefficient (Wildman–Crippen LogP) is 3.39. The summed E-state index contributed by atoms with van der Waals surface area (Å²) in [5, 5.41) is 15.9. The minimum Gasteiger partial charge on any atom is -0.478 e. The number of nitrogens with zero attached hydrogens (tertiary/aromatic N) is 2. The molecule has 0 fully saturated rings. The summed E-state index contributed by atoms with van der Waals surface area (Å²) in [6, 6.07) is 5.59. The standard InChI is InChI=1S/C14H7F2IN2O3/c15-10-4-7(17)2-1-6(10)3-8-9(14(20)21)5-11-13(12(8)16)18-19-22-11/h1-2,4-5H,3H2,(H,20,21). The molecule has 1 heterocycles. The Kier molecular flexibility index (Phi) is 3.77. The van der Waals surface area contributed by atoms with Gasteiger partial charge in [-0.3, -0.25) is 0 Å². The van der Waals surface area contributed by atoms with Gasteiger partial charge in [-0.2, -0.15) is 0 Å². The van der Waals surface area contributed by atoms with Crippen LogP contribution >= 0.6 is 22.6 Å². The van der Waals surface area contributed by atoms with E-state index in [1.54, 1.807) is 6.07 Å². The maximum atomic E-state index is 14.5. The highest BCUT2D eigenvalue weighted by atomic mass is 127. The Hall–Kier alpha value is -2.10. The monoisotopic (exact) mass is 416 g/mol. The van der Waals surface area contributed by atoms with Crippen LogP contribution in [0.25, 0.3) is 11.1 Å². The average Bonchev–Trinajstić information content (AvgIpc) is 2.92. The molecule has 0 bridgehead atoms. The topological polar surface area (TPSA) is 76.2 Å². The second-order valence-corrected chi connectivity index (χ2v) is 5.80. The van der Waals surface area contributed by atoms with E-state index in [2.05, 4.69) is 10.4 Å². The molecule has 0 aliphatic rings. The Bertz CT molecular complexity index is 895. The van der Waals surface area contributed by atoms with Crippen molar-refractivity contribution < 1.29 is 23.2 Å². The van der Waals surface area contributed by atoms with Crippen LogP contribution in [0.4, 0.5) is 8.78 Å². The van der Waals surface area contributed by atoms with Gasteiger partial charge in [0.05, 0.1) is 5.56 Å². The maximum absolute atomic E-state index is 14.5. The number of aromatic carboxylic acids is 1. The first-order valence-corrected chi connectivity index (χ1v) is 7.16. The summed E-state index contributed by atoms with van der Waals surface area (Å²) in [6.07, 6.45) is -0.209. The van der Waals surface area contributed by atoms with Gasteiger partial charge < -0.3 is 9.63 Å². The average molecular weight is 416 g/mol. The van der Waals surface area contributed by atoms with Gasteiger partial charge in [-0.15, -0.1) is 5.10 Å². The first-order valence-electron chi connectivity index (χ1n) is 6.08. The summed E-state index contributed by atoms with van der Waals surface area (Å²) in [5.41, 5.74) is -0.511. The molecule has 1 N–H and O–H groups in total. The van der Waals surface area contributed by atoms with Crippen LogP contribution < -0.4 is 0 Å². The van der Waals surface area contributed by atoms with Crippen molar-refractivity contribution in [2.45, 2.75) is 6.42 Å². The largest absolute Gasteiger partial charge is 0.478 e. The maximum Gasteiger partial charge on any atom is 0.336 e. The van der Waals surface area contributed by atoms with Crippen molar-refractivity contribution in [1.82, 2.24) is 10.4 Å². The van der Waals surface area contributed by atoms with Crippen LogP contribution in [-0.4, -0.2) is 21.4 Å². The third-order valence-corrected chi connectivity index (χ3v) is 3.87. The molecule has 0 saturated carbocycles. The number of hydrogen-bond donors (Lipinski definition) is 1. The molecule has 0 spiro atoms. The van der Waals surface area contributed by atoms with E-state index in [1.165, 1.54) is 12.1 Å². The molecule has 0 aliphatic carbocycles. The summed E-state index contributed by atoms with van der Waals surface area (Å²) < 4.78 is 33.8. The van der Waals surface area contributed by atoms with Crippen LogP contribution in [0.1, 0.15) is 21.5 Å². The number of carbonyl (C=O) groups is 1. The van der Waals surface area contributed by atoms with E-state index in [9.17, 15) is 18.7 Å². The molecule has 3 rings (SSSR count). The Labute approximate surface area is 136 Å². The van der Waals surface area contributed by atoms with Crippen LogP contribution in [0.5, 0.6) is 0 Å². The molecule has 8 heteroatoms. The van der Waals surface area contributed by atoms with Gasteiger partial charge in [-0.05, 0) is 40.3 Å². The van der Waals surface area contributed by atoms with E-state index in [-0.39, 0.29) is 34.2 Å². The molecule has 0 unspecified atom stereocenters. The first-order chi connectivity index (χ1) is 10.5. The van der Waals surface area contributed by atoms with Gasteiger partial charge in [0, 0.05) is 26.9 Å². The third-order valence-electron chi connectivity index (χ3n) is 3.20. The van der Waals surface area contributed by atoms with E-state index < -0.39 is 17.6 Å². The number of carboxylic acid groups (broad SMARTS) is 1. The Balaban J connectivity index is 2.18. The molecule has 0 radical (unpaired) electrons. The molecule has 0 saturated heterocycles. The van der Waals surface area contributed by atoms with Crippen molar-refractivity contribution >= 4 is 39.7 Å². The normalized spacial score (nSPS) is 11.0. The molecule has 22 heavy (non-hydrogen) atoms. The lowest BCUT2D eigenvalue weighted by molar-refractivity contribution is 0.0695. The molecular weight excluding hydrogens is 409 g/mol. The summed E-state index contributed by atoms with van der Waals surface area (Å²) in [5.74, 6) is -2.73. The second kappa shape index (κ2) is 5.59. The van der Waals surface area contributed by atoms with E-state index in [0.29, 0.717) is 3.57 Å². The molecule has 2 aromatic carbocycles. The van der Waals surface area contributed by atoms with Crippen molar-refractivity contribution in [2.75, 3.05) is 0 Å². The molecule has 0 aliphatic heterocycles. The summed E-state index contributed by atoms with van der Waals surface area (Å²) in [7, 11) is 0. The first kappa shape index (κ1) is 14.8. The lowest BCUT2D eigenvalue weighted by Crippen LogP contribution is -2.07. The van der Waals surface area contributed by atoms with Crippen LogP contribution in [0.15, 0.2) is 28.8 Å². The molecular formula is C14H7F2IN2O3. The van der Waals surface area contributed by atoms with E-state index in [4.69, 9.17) is 4.52 Å². The third kappa shape index (κ3) is 2.54. The van der Waals surface area contributed by atoms with E-state index in [0.717, 1.165) is 6.07 Å². The van der Waals surface area contributed by atoms with Crippen LogP contribution in [0.2, 0.25) is 0 Å². The van der Waals surface area contributed by atoms with Gasteiger partial charge in [0.2, 0.25) is 0 Å². The van der Waals surface area contributed by atoms with Crippen molar-refractivity contribution in [3.05, 3.63) is 56.2 Å². The lowest BCUT2D eigenvalue weighted by Gasteiger charge is -2.09. The van der Waals surface area contributed by atoms with Crippen molar-refractivity contribution in [3.63, 3.8) is 0 Å². The van der Waals surface area contributed by atoms with Gasteiger partial charge in [-0.25, -0.2) is 13.6 Å². The molecule has 3 aromatic rings. The van der Waals surface area contributed by atoms with Crippen LogP contribution in [-0.2, 0) is 6.42 Å². The van der Waals surface area contributed by atoms with Crippen LogP contribution in [0.3, 0.4) is 0 Å². The van der Waals surface area contributed by atoms with Gasteiger partial charge in [-0.1, -0.05) is 6.07 Å². The Morgan fingerprint density at radius 3 is 2.77 bits per heavy atom. The highest BCUT2D eigenvalue weighted by Gasteiger charge is 2.22. The van der Waals surface area contributed by atoms with E-state index in [1.807, 2.05) is 22.6 Å². The smallest absolute Gasteiger partial charge is 0.336 e. The number of carboxylic acids is 1. The number of rotatable bonds is 3.